The molecule has 0 heterocycles. The second-order valence-corrected chi connectivity index (χ2v) is 5.90. The van der Waals surface area contributed by atoms with E-state index in [1.165, 1.54) is 12.1 Å². The Bertz CT molecular complexity index is 637. The molecule has 1 aromatic rings. The van der Waals surface area contributed by atoms with Crippen molar-refractivity contribution in [2.24, 2.45) is 5.92 Å². The molecular weight excluding hydrogens is 298 g/mol. The lowest BCUT2D eigenvalue weighted by atomic mass is 9.78. The topological polar surface area (TPSA) is 26.3 Å². The smallest absolute Gasteiger partial charge is 0.367 e. The first-order chi connectivity index (χ1) is 10.9. The molecule has 1 saturated carbocycles. The van der Waals surface area contributed by atoms with Crippen molar-refractivity contribution in [1.29, 1.82) is 0 Å². The third-order valence-electron chi connectivity index (χ3n) is 4.39. The van der Waals surface area contributed by atoms with Crippen LogP contribution in [0.25, 0.3) is 5.57 Å². The summed E-state index contributed by atoms with van der Waals surface area (Å²) in [7, 11) is 0. The van der Waals surface area contributed by atoms with Crippen molar-refractivity contribution in [2.45, 2.75) is 39.5 Å². The molecular formula is C19H22F2O2. The summed E-state index contributed by atoms with van der Waals surface area (Å²) in [5.41, 5.74) is 3.21. The van der Waals surface area contributed by atoms with E-state index in [9.17, 15) is 13.6 Å². The maximum absolute atomic E-state index is 14.0. The molecule has 4 heteroatoms. The SMILES string of the molecule is C=C(c1cc(F)ccc1C)C1CCC(=C(F)C(=O)OCC)CC1. The fourth-order valence-electron chi connectivity index (χ4n) is 3.03. The summed E-state index contributed by atoms with van der Waals surface area (Å²) in [6.07, 6.45) is 2.42. The Labute approximate surface area is 135 Å². The van der Waals surface area contributed by atoms with Gasteiger partial charge in [-0.25, -0.2) is 9.18 Å². The van der Waals surface area contributed by atoms with Crippen LogP contribution in [0.3, 0.4) is 0 Å². The highest BCUT2D eigenvalue weighted by Crippen LogP contribution is 2.38. The summed E-state index contributed by atoms with van der Waals surface area (Å²) in [4.78, 5) is 11.4. The van der Waals surface area contributed by atoms with E-state index < -0.39 is 11.8 Å². The van der Waals surface area contributed by atoms with Crippen LogP contribution in [-0.2, 0) is 9.53 Å². The van der Waals surface area contributed by atoms with Gasteiger partial charge in [-0.05, 0) is 79.9 Å². The Balaban J connectivity index is 2.07. The van der Waals surface area contributed by atoms with Crippen LogP contribution in [0.15, 0.2) is 36.2 Å². The fourth-order valence-corrected chi connectivity index (χ4v) is 3.03. The summed E-state index contributed by atoms with van der Waals surface area (Å²) < 4.78 is 32.1. The van der Waals surface area contributed by atoms with Gasteiger partial charge in [0.25, 0.3) is 0 Å². The second-order valence-electron chi connectivity index (χ2n) is 5.90. The monoisotopic (exact) mass is 320 g/mol. The molecule has 124 valence electrons. The van der Waals surface area contributed by atoms with Crippen LogP contribution >= 0.6 is 0 Å². The molecule has 0 unspecified atom stereocenters. The van der Waals surface area contributed by atoms with E-state index in [1.54, 1.807) is 13.0 Å². The summed E-state index contributed by atoms with van der Waals surface area (Å²) >= 11 is 0. The van der Waals surface area contributed by atoms with E-state index in [0.717, 1.165) is 16.7 Å². The summed E-state index contributed by atoms with van der Waals surface area (Å²) in [5, 5.41) is 0. The Morgan fingerprint density at radius 1 is 1.35 bits per heavy atom. The van der Waals surface area contributed by atoms with Gasteiger partial charge in [-0.3, -0.25) is 0 Å². The highest BCUT2D eigenvalue weighted by molar-refractivity contribution is 5.86. The van der Waals surface area contributed by atoms with Crippen molar-refractivity contribution < 1.29 is 18.3 Å². The lowest BCUT2D eigenvalue weighted by Gasteiger charge is -2.26. The van der Waals surface area contributed by atoms with Crippen molar-refractivity contribution in [1.82, 2.24) is 0 Å². The van der Waals surface area contributed by atoms with Gasteiger partial charge >= 0.3 is 5.97 Å². The van der Waals surface area contributed by atoms with E-state index in [1.807, 2.05) is 6.92 Å². The van der Waals surface area contributed by atoms with E-state index in [-0.39, 0.29) is 18.3 Å². The number of halogens is 2. The molecule has 0 spiro atoms. The molecule has 1 fully saturated rings. The predicted octanol–water partition coefficient (Wildman–Crippen LogP) is 5.12. The average Bonchev–Trinajstić information content (AvgIpc) is 2.56. The first-order valence-corrected chi connectivity index (χ1v) is 7.94. The number of carbonyl (C=O) groups is 1. The van der Waals surface area contributed by atoms with Crippen molar-refractivity contribution in [3.05, 3.63) is 53.1 Å². The number of rotatable bonds is 4. The van der Waals surface area contributed by atoms with Gasteiger partial charge in [-0.2, -0.15) is 4.39 Å². The molecule has 1 aliphatic rings. The molecule has 0 bridgehead atoms. The molecule has 1 aliphatic carbocycles. The highest BCUT2D eigenvalue weighted by atomic mass is 19.1. The third kappa shape index (κ3) is 4.06. The van der Waals surface area contributed by atoms with Crippen molar-refractivity contribution >= 4 is 11.5 Å². The molecule has 2 nitrogen and oxygen atoms in total. The maximum Gasteiger partial charge on any atom is 0.367 e. The normalized spacial score (nSPS) is 17.7. The minimum absolute atomic E-state index is 0.164. The summed E-state index contributed by atoms with van der Waals surface area (Å²) in [6, 6.07) is 4.68. The fraction of sp³-hybridized carbons (Fsp3) is 0.421. The van der Waals surface area contributed by atoms with Crippen LogP contribution < -0.4 is 0 Å². The molecule has 0 N–H and O–H groups in total. The van der Waals surface area contributed by atoms with Crippen LogP contribution in [-0.4, -0.2) is 12.6 Å². The average molecular weight is 320 g/mol. The van der Waals surface area contributed by atoms with Gasteiger partial charge in [0.15, 0.2) is 0 Å². The molecule has 0 saturated heterocycles. The van der Waals surface area contributed by atoms with Crippen LogP contribution in [0.5, 0.6) is 0 Å². The second kappa shape index (κ2) is 7.53. The van der Waals surface area contributed by atoms with Gasteiger partial charge in [0.1, 0.15) is 5.82 Å². The molecule has 0 radical (unpaired) electrons. The Morgan fingerprint density at radius 2 is 2.00 bits per heavy atom. The summed E-state index contributed by atoms with van der Waals surface area (Å²) in [6.45, 7) is 7.86. The maximum atomic E-state index is 14.0. The molecule has 0 amide bonds. The number of ether oxygens (including phenoxy) is 1. The third-order valence-corrected chi connectivity index (χ3v) is 4.39. The van der Waals surface area contributed by atoms with Crippen molar-refractivity contribution in [3.8, 4) is 0 Å². The van der Waals surface area contributed by atoms with Crippen LogP contribution in [0.2, 0.25) is 0 Å². The number of allylic oxidation sites excluding steroid dienone is 2. The Hall–Kier alpha value is -1.97. The minimum Gasteiger partial charge on any atom is -0.461 e. The zero-order valence-electron chi connectivity index (χ0n) is 13.6. The van der Waals surface area contributed by atoms with Crippen LogP contribution in [0, 0.1) is 18.7 Å². The van der Waals surface area contributed by atoms with Gasteiger partial charge in [0.05, 0.1) is 6.61 Å². The molecule has 1 aromatic carbocycles. The highest BCUT2D eigenvalue weighted by Gasteiger charge is 2.25. The largest absolute Gasteiger partial charge is 0.461 e. The number of aryl methyl sites for hydroxylation is 1. The number of benzene rings is 1. The van der Waals surface area contributed by atoms with Gasteiger partial charge in [-0.15, -0.1) is 0 Å². The van der Waals surface area contributed by atoms with Gasteiger partial charge in [-0.1, -0.05) is 12.6 Å². The number of esters is 1. The van der Waals surface area contributed by atoms with E-state index >= 15 is 0 Å². The van der Waals surface area contributed by atoms with Crippen LogP contribution in [0.4, 0.5) is 8.78 Å². The quantitative estimate of drug-likeness (QED) is 0.568. The zero-order valence-corrected chi connectivity index (χ0v) is 13.6. The van der Waals surface area contributed by atoms with E-state index in [2.05, 4.69) is 6.58 Å². The first kappa shape index (κ1) is 17.4. The number of hydrogen-bond acceptors (Lipinski definition) is 2. The van der Waals surface area contributed by atoms with E-state index in [0.29, 0.717) is 31.3 Å². The molecule has 0 atom stereocenters. The molecule has 0 aromatic heterocycles. The summed E-state index contributed by atoms with van der Waals surface area (Å²) in [5.74, 6) is -1.73. The van der Waals surface area contributed by atoms with Crippen LogP contribution in [0.1, 0.15) is 43.7 Å². The zero-order chi connectivity index (χ0) is 17.0. The number of carbonyl (C=O) groups excluding carboxylic acids is 1. The van der Waals surface area contributed by atoms with Crippen molar-refractivity contribution in [3.63, 3.8) is 0 Å². The van der Waals surface area contributed by atoms with Gasteiger partial charge in [0, 0.05) is 0 Å². The van der Waals surface area contributed by atoms with E-state index in [4.69, 9.17) is 4.74 Å². The number of hydrogen-bond donors (Lipinski definition) is 0. The Kier molecular flexibility index (Phi) is 5.69. The molecule has 0 aliphatic heterocycles. The lowest BCUT2D eigenvalue weighted by Crippen LogP contribution is -2.14. The van der Waals surface area contributed by atoms with Crippen molar-refractivity contribution in [2.75, 3.05) is 6.61 Å². The standard InChI is InChI=1S/C19H22F2O2/c1-4-23-19(22)18(21)15-8-6-14(7-9-15)13(3)17-11-16(20)10-5-12(17)2/h5,10-11,14H,3-4,6-9H2,1-2H3. The predicted molar refractivity (Wildman–Crippen MR) is 86.9 cm³/mol. The van der Waals surface area contributed by atoms with Gasteiger partial charge < -0.3 is 4.74 Å². The Morgan fingerprint density at radius 3 is 2.61 bits per heavy atom. The molecule has 2 rings (SSSR count). The lowest BCUT2D eigenvalue weighted by molar-refractivity contribution is -0.140. The first-order valence-electron chi connectivity index (χ1n) is 7.94. The van der Waals surface area contributed by atoms with Gasteiger partial charge in [0.2, 0.25) is 5.83 Å². The minimum atomic E-state index is -0.874. The molecule has 23 heavy (non-hydrogen) atoms.